The lowest BCUT2D eigenvalue weighted by Crippen LogP contribution is -2.13. The summed E-state index contributed by atoms with van der Waals surface area (Å²) in [7, 11) is -1.11. The topological polar surface area (TPSA) is 120 Å². The molecule has 29 heavy (non-hydrogen) atoms. The molecule has 152 valence electrons. The molecule has 3 aromatic rings. The molecule has 1 heterocycles. The second kappa shape index (κ2) is 8.64. The number of carbonyl (C=O) groups excluding carboxylic acids is 1. The van der Waals surface area contributed by atoms with E-state index in [-0.39, 0.29) is 25.7 Å². The van der Waals surface area contributed by atoms with E-state index in [2.05, 4.69) is 20.2 Å². The summed E-state index contributed by atoms with van der Waals surface area (Å²) in [5.41, 5.74) is 0.483. The molecular weight excluding hydrogens is 440 g/mol. The van der Waals surface area contributed by atoms with E-state index in [9.17, 15) is 13.2 Å². The molecule has 12 heteroatoms. The summed E-state index contributed by atoms with van der Waals surface area (Å²) in [5.74, 6) is 0.289. The molecule has 1 aromatic heterocycles. The van der Waals surface area contributed by atoms with E-state index in [1.165, 1.54) is 32.4 Å². The van der Waals surface area contributed by atoms with Crippen LogP contribution >= 0.6 is 22.9 Å². The van der Waals surface area contributed by atoms with Crippen LogP contribution in [0.1, 0.15) is 10.4 Å². The number of ether oxygens (including phenoxy) is 2. The quantitative estimate of drug-likeness (QED) is 0.525. The largest absolute Gasteiger partial charge is 0.493 e. The summed E-state index contributed by atoms with van der Waals surface area (Å²) in [6.45, 7) is 0. The fourth-order valence-corrected chi connectivity index (χ4v) is 4.44. The van der Waals surface area contributed by atoms with Crippen LogP contribution in [0.4, 0.5) is 10.8 Å². The number of anilines is 2. The van der Waals surface area contributed by atoms with Gasteiger partial charge in [-0.25, -0.2) is 0 Å². The predicted octanol–water partition coefficient (Wildman–Crippen LogP) is 3.26. The smallest absolute Gasteiger partial charge is 0.291 e. The summed E-state index contributed by atoms with van der Waals surface area (Å²) >= 11 is 6.68. The molecule has 0 saturated carbocycles. The zero-order valence-corrected chi connectivity index (χ0v) is 17.6. The van der Waals surface area contributed by atoms with Crippen molar-refractivity contribution < 1.29 is 22.7 Å². The molecule has 3 rings (SSSR count). The highest BCUT2D eigenvalue weighted by Gasteiger charge is 2.22. The number of sulfonamides is 1. The molecule has 0 aliphatic rings. The number of halogens is 1. The number of nitrogens with zero attached hydrogens (tertiary/aromatic N) is 2. The molecule has 1 amide bonds. The summed E-state index contributed by atoms with van der Waals surface area (Å²) in [6, 6.07) is 11.0. The maximum Gasteiger partial charge on any atom is 0.291 e. The van der Waals surface area contributed by atoms with Gasteiger partial charge in [0.15, 0.2) is 11.5 Å². The van der Waals surface area contributed by atoms with Crippen LogP contribution in [0.15, 0.2) is 46.8 Å². The predicted molar refractivity (Wildman–Crippen MR) is 110 cm³/mol. The van der Waals surface area contributed by atoms with Crippen molar-refractivity contribution in [3.05, 3.63) is 53.1 Å². The van der Waals surface area contributed by atoms with Crippen molar-refractivity contribution in [1.29, 1.82) is 0 Å². The van der Waals surface area contributed by atoms with E-state index in [1.54, 1.807) is 24.3 Å². The zero-order chi connectivity index (χ0) is 21.0. The molecule has 0 aliphatic carbocycles. The van der Waals surface area contributed by atoms with Crippen molar-refractivity contribution >= 4 is 49.7 Å². The minimum absolute atomic E-state index is 0.0163. The first kappa shape index (κ1) is 20.8. The molecule has 0 atom stereocenters. The first-order valence-electron chi connectivity index (χ1n) is 7.98. The van der Waals surface area contributed by atoms with Crippen LogP contribution in [0.2, 0.25) is 5.02 Å². The highest BCUT2D eigenvalue weighted by atomic mass is 35.5. The van der Waals surface area contributed by atoms with E-state index in [0.29, 0.717) is 22.8 Å². The van der Waals surface area contributed by atoms with Gasteiger partial charge in [0, 0.05) is 6.07 Å². The number of aromatic nitrogens is 2. The van der Waals surface area contributed by atoms with Crippen LogP contribution in [-0.4, -0.2) is 38.7 Å². The van der Waals surface area contributed by atoms with Gasteiger partial charge in [-0.05, 0) is 24.3 Å². The Morgan fingerprint density at radius 3 is 2.48 bits per heavy atom. The van der Waals surface area contributed by atoms with Gasteiger partial charge in [-0.2, -0.15) is 8.42 Å². The van der Waals surface area contributed by atoms with Crippen molar-refractivity contribution in [2.45, 2.75) is 4.34 Å². The Labute approximate surface area is 175 Å². The van der Waals surface area contributed by atoms with E-state index in [1.807, 2.05) is 0 Å². The third-order valence-electron chi connectivity index (χ3n) is 3.61. The zero-order valence-electron chi connectivity index (χ0n) is 15.2. The highest BCUT2D eigenvalue weighted by molar-refractivity contribution is 7.94. The average Bonchev–Trinajstić information content (AvgIpc) is 3.17. The minimum Gasteiger partial charge on any atom is -0.493 e. The van der Waals surface area contributed by atoms with Gasteiger partial charge < -0.3 is 9.47 Å². The van der Waals surface area contributed by atoms with Crippen molar-refractivity contribution in [1.82, 2.24) is 10.2 Å². The number of hydrogen-bond acceptors (Lipinski definition) is 8. The number of rotatable bonds is 7. The van der Waals surface area contributed by atoms with E-state index in [4.69, 9.17) is 21.1 Å². The minimum atomic E-state index is -4.02. The molecule has 0 bridgehead atoms. The monoisotopic (exact) mass is 454 g/mol. The van der Waals surface area contributed by atoms with Crippen molar-refractivity contribution in [2.24, 2.45) is 0 Å². The van der Waals surface area contributed by atoms with Crippen LogP contribution in [0, 0.1) is 0 Å². The number of methoxy groups -OCH3 is 2. The molecule has 0 radical (unpaired) electrons. The number of carbonyl (C=O) groups is 1. The Morgan fingerprint density at radius 2 is 1.79 bits per heavy atom. The molecule has 2 N–H and O–H groups in total. The molecule has 0 fully saturated rings. The number of amides is 1. The van der Waals surface area contributed by atoms with Crippen LogP contribution < -0.4 is 19.5 Å². The standard InChI is InChI=1S/C17H15ClN4O5S2/c1-26-13-8-7-10(9-14(13)27-2)22-29(24,25)17-21-20-16(28-17)19-15(23)11-5-3-4-6-12(11)18/h3-9,22H,1-2H3,(H,19,20,23). The fourth-order valence-electron chi connectivity index (χ4n) is 2.28. The normalized spacial score (nSPS) is 11.0. The molecule has 0 saturated heterocycles. The molecular formula is C17H15ClN4O5S2. The van der Waals surface area contributed by atoms with E-state index >= 15 is 0 Å². The number of benzene rings is 2. The van der Waals surface area contributed by atoms with E-state index < -0.39 is 15.9 Å². The Bertz CT molecular complexity index is 1150. The van der Waals surface area contributed by atoms with Crippen LogP contribution in [0.5, 0.6) is 11.5 Å². The van der Waals surface area contributed by atoms with E-state index in [0.717, 1.165) is 0 Å². The van der Waals surface area contributed by atoms with Crippen LogP contribution in [-0.2, 0) is 10.0 Å². The van der Waals surface area contributed by atoms with Crippen LogP contribution in [0.25, 0.3) is 0 Å². The maximum atomic E-state index is 12.6. The third-order valence-corrected chi connectivity index (χ3v) is 6.53. The Hall–Kier alpha value is -2.89. The van der Waals surface area contributed by atoms with Gasteiger partial charge in [-0.3, -0.25) is 14.8 Å². The van der Waals surface area contributed by atoms with Crippen molar-refractivity contribution in [3.8, 4) is 11.5 Å². The maximum absolute atomic E-state index is 12.6. The first-order chi connectivity index (χ1) is 13.8. The van der Waals surface area contributed by atoms with Crippen LogP contribution in [0.3, 0.4) is 0 Å². The lowest BCUT2D eigenvalue weighted by atomic mass is 10.2. The second-order valence-electron chi connectivity index (χ2n) is 5.48. The summed E-state index contributed by atoms with van der Waals surface area (Å²) in [6.07, 6.45) is 0. The molecule has 2 aromatic carbocycles. The van der Waals surface area contributed by atoms with Gasteiger partial charge in [0.1, 0.15) is 0 Å². The van der Waals surface area contributed by atoms with Gasteiger partial charge in [-0.1, -0.05) is 35.1 Å². The lowest BCUT2D eigenvalue weighted by molar-refractivity contribution is 0.102. The summed E-state index contributed by atoms with van der Waals surface area (Å²) in [4.78, 5) is 12.3. The van der Waals surface area contributed by atoms with Gasteiger partial charge in [0.25, 0.3) is 20.3 Å². The molecule has 9 nitrogen and oxygen atoms in total. The number of hydrogen-bond donors (Lipinski definition) is 2. The Morgan fingerprint density at radius 1 is 1.07 bits per heavy atom. The van der Waals surface area contributed by atoms with Gasteiger partial charge >= 0.3 is 0 Å². The Balaban J connectivity index is 1.77. The molecule has 0 spiro atoms. The molecule has 0 unspecified atom stereocenters. The van der Waals surface area contributed by atoms with Gasteiger partial charge in [-0.15, -0.1) is 10.2 Å². The van der Waals surface area contributed by atoms with Crippen molar-refractivity contribution in [3.63, 3.8) is 0 Å². The lowest BCUT2D eigenvalue weighted by Gasteiger charge is -2.10. The first-order valence-corrected chi connectivity index (χ1v) is 10.7. The van der Waals surface area contributed by atoms with Crippen molar-refractivity contribution in [2.75, 3.05) is 24.3 Å². The fraction of sp³-hybridized carbons (Fsp3) is 0.118. The number of nitrogens with one attached hydrogen (secondary N) is 2. The molecule has 0 aliphatic heterocycles. The van der Waals surface area contributed by atoms with Gasteiger partial charge in [0.05, 0.1) is 30.5 Å². The third kappa shape index (κ3) is 4.75. The average molecular weight is 455 g/mol. The highest BCUT2D eigenvalue weighted by Crippen LogP contribution is 2.31. The SMILES string of the molecule is COc1ccc(NS(=O)(=O)c2nnc(NC(=O)c3ccccc3Cl)s2)cc1OC. The Kier molecular flexibility index (Phi) is 6.20. The van der Waals surface area contributed by atoms with Gasteiger partial charge in [0.2, 0.25) is 5.13 Å². The summed E-state index contributed by atoms with van der Waals surface area (Å²) in [5, 5.41) is 10.1. The summed E-state index contributed by atoms with van der Waals surface area (Å²) < 4.78 is 37.5. The second-order valence-corrected chi connectivity index (χ2v) is 8.72.